The van der Waals surface area contributed by atoms with E-state index in [0.717, 1.165) is 5.56 Å². The Morgan fingerprint density at radius 1 is 1.00 bits per heavy atom. The third-order valence-electron chi connectivity index (χ3n) is 5.95. The molecule has 1 aliphatic rings. The average molecular weight is 456 g/mol. The molecule has 2 heterocycles. The van der Waals surface area contributed by atoms with Gasteiger partial charge < -0.3 is 10.2 Å². The Morgan fingerprint density at radius 3 is 2.62 bits per heavy atom. The van der Waals surface area contributed by atoms with Crippen molar-refractivity contribution in [2.75, 3.05) is 16.8 Å². The zero-order chi connectivity index (χ0) is 23.7. The second-order valence-electron chi connectivity index (χ2n) is 8.08. The van der Waals surface area contributed by atoms with Gasteiger partial charge in [-0.3, -0.25) is 19.0 Å². The van der Waals surface area contributed by atoms with Crippen molar-refractivity contribution in [2.45, 2.75) is 19.4 Å². The summed E-state index contributed by atoms with van der Waals surface area (Å²) in [7, 11) is 0. The molecule has 2 amide bonds. The lowest BCUT2D eigenvalue weighted by atomic mass is 9.99. The number of para-hydroxylation sites is 2. The largest absolute Gasteiger partial charge is 0.322 e. The maximum Gasteiger partial charge on any atom is 0.269 e. The third kappa shape index (κ3) is 4.05. The first-order valence-electron chi connectivity index (χ1n) is 10.9. The van der Waals surface area contributed by atoms with E-state index in [-0.39, 0.29) is 23.9 Å². The normalized spacial score (nSPS) is 12.9. The molecule has 1 aliphatic heterocycles. The van der Waals surface area contributed by atoms with Crippen molar-refractivity contribution in [3.63, 3.8) is 0 Å². The molecule has 170 valence electrons. The van der Waals surface area contributed by atoms with Crippen molar-refractivity contribution in [1.82, 2.24) is 9.55 Å². The summed E-state index contributed by atoms with van der Waals surface area (Å²) >= 11 is 0. The van der Waals surface area contributed by atoms with Gasteiger partial charge in [-0.1, -0.05) is 18.2 Å². The van der Waals surface area contributed by atoms with Crippen LogP contribution in [0, 0.1) is 5.82 Å². The van der Waals surface area contributed by atoms with Crippen LogP contribution in [-0.2, 0) is 17.8 Å². The molecule has 5 rings (SSSR count). The van der Waals surface area contributed by atoms with Gasteiger partial charge >= 0.3 is 0 Å². The van der Waals surface area contributed by atoms with Crippen LogP contribution in [-0.4, -0.2) is 27.9 Å². The number of carbonyl (C=O) groups is 2. The highest BCUT2D eigenvalue weighted by atomic mass is 19.1. The number of anilines is 2. The molecule has 0 radical (unpaired) electrons. The number of hydrogen-bond donors (Lipinski definition) is 1. The lowest BCUT2D eigenvalue weighted by Crippen LogP contribution is -2.40. The van der Waals surface area contributed by atoms with Crippen molar-refractivity contribution in [3.8, 4) is 0 Å². The zero-order valence-electron chi connectivity index (χ0n) is 18.2. The minimum absolute atomic E-state index is 0.118. The quantitative estimate of drug-likeness (QED) is 0.507. The van der Waals surface area contributed by atoms with Gasteiger partial charge in [0.05, 0.1) is 17.2 Å². The van der Waals surface area contributed by atoms with Gasteiger partial charge in [0.2, 0.25) is 5.91 Å². The summed E-state index contributed by atoms with van der Waals surface area (Å²) in [4.78, 5) is 44.3. The molecule has 0 fully saturated rings. The predicted octanol–water partition coefficient (Wildman–Crippen LogP) is 3.77. The second kappa shape index (κ2) is 8.90. The molecule has 0 unspecified atom stereocenters. The van der Waals surface area contributed by atoms with Gasteiger partial charge in [-0.2, -0.15) is 0 Å². The number of halogens is 1. The standard InChI is InChI=1S/C26H21FN4O3/c27-18-12-10-17(11-13-18)26(34)29-20-7-3-9-22-19(20)5-4-14-30(22)25(33)16-31-23-8-2-1-6-21(23)28-15-24(31)32/h1-3,6-13,15H,4-5,14,16H2,(H,29,34). The highest BCUT2D eigenvalue weighted by Gasteiger charge is 2.25. The molecule has 0 saturated heterocycles. The van der Waals surface area contributed by atoms with Crippen molar-refractivity contribution >= 4 is 34.2 Å². The average Bonchev–Trinajstić information content (AvgIpc) is 2.86. The van der Waals surface area contributed by atoms with E-state index in [4.69, 9.17) is 0 Å². The highest BCUT2D eigenvalue weighted by Crippen LogP contribution is 2.33. The molecule has 7 nitrogen and oxygen atoms in total. The van der Waals surface area contributed by atoms with Gasteiger partial charge in [-0.15, -0.1) is 0 Å². The zero-order valence-corrected chi connectivity index (χ0v) is 18.2. The van der Waals surface area contributed by atoms with E-state index in [1.165, 1.54) is 35.0 Å². The second-order valence-corrected chi connectivity index (χ2v) is 8.08. The molecule has 0 bridgehead atoms. The van der Waals surface area contributed by atoms with E-state index in [2.05, 4.69) is 10.3 Å². The summed E-state index contributed by atoms with van der Waals surface area (Å²) in [6.07, 6.45) is 2.63. The summed E-state index contributed by atoms with van der Waals surface area (Å²) in [6.45, 7) is 0.395. The fourth-order valence-electron chi connectivity index (χ4n) is 4.30. The van der Waals surface area contributed by atoms with Crippen LogP contribution < -0.4 is 15.8 Å². The molecule has 0 aliphatic carbocycles. The van der Waals surface area contributed by atoms with Gasteiger partial charge in [0.1, 0.15) is 12.4 Å². The van der Waals surface area contributed by atoms with Crippen LogP contribution in [0.25, 0.3) is 11.0 Å². The van der Waals surface area contributed by atoms with Crippen LogP contribution in [0.1, 0.15) is 22.3 Å². The molecule has 34 heavy (non-hydrogen) atoms. The monoisotopic (exact) mass is 456 g/mol. The first-order chi connectivity index (χ1) is 16.5. The Morgan fingerprint density at radius 2 is 1.79 bits per heavy atom. The number of amides is 2. The molecule has 8 heteroatoms. The van der Waals surface area contributed by atoms with Crippen LogP contribution in [0.3, 0.4) is 0 Å². The van der Waals surface area contributed by atoms with Crippen molar-refractivity contribution < 1.29 is 14.0 Å². The first-order valence-corrected chi connectivity index (χ1v) is 10.9. The number of rotatable bonds is 4. The number of aromatic nitrogens is 2. The van der Waals surface area contributed by atoms with Gasteiger partial charge in [0, 0.05) is 23.5 Å². The topological polar surface area (TPSA) is 84.3 Å². The first kappa shape index (κ1) is 21.5. The van der Waals surface area contributed by atoms with Crippen molar-refractivity contribution in [1.29, 1.82) is 0 Å². The molecule has 1 N–H and O–H groups in total. The van der Waals surface area contributed by atoms with Gasteiger partial charge in [0.25, 0.3) is 11.5 Å². The summed E-state index contributed by atoms with van der Waals surface area (Å²) < 4.78 is 14.6. The Hall–Kier alpha value is -4.33. The smallest absolute Gasteiger partial charge is 0.269 e. The molecule has 3 aromatic carbocycles. The molecule has 1 aromatic heterocycles. The fourth-order valence-corrected chi connectivity index (χ4v) is 4.30. The van der Waals surface area contributed by atoms with Crippen LogP contribution in [0.5, 0.6) is 0 Å². The van der Waals surface area contributed by atoms with E-state index in [1.807, 2.05) is 12.1 Å². The van der Waals surface area contributed by atoms with E-state index in [1.54, 1.807) is 35.2 Å². The lowest BCUT2D eigenvalue weighted by molar-refractivity contribution is -0.119. The van der Waals surface area contributed by atoms with Crippen LogP contribution >= 0.6 is 0 Å². The minimum atomic E-state index is -0.413. The number of carbonyl (C=O) groups excluding carboxylic acids is 2. The molecule has 0 atom stereocenters. The predicted molar refractivity (Wildman–Crippen MR) is 127 cm³/mol. The van der Waals surface area contributed by atoms with E-state index < -0.39 is 5.82 Å². The lowest BCUT2D eigenvalue weighted by Gasteiger charge is -2.31. The number of benzene rings is 3. The van der Waals surface area contributed by atoms with Crippen LogP contribution in [0.2, 0.25) is 0 Å². The summed E-state index contributed by atoms with van der Waals surface area (Å²) in [5, 5.41) is 2.89. The maximum atomic E-state index is 13.3. The van der Waals surface area contributed by atoms with Gasteiger partial charge in [-0.05, 0) is 66.9 Å². The molecular weight excluding hydrogens is 435 g/mol. The van der Waals surface area contributed by atoms with Gasteiger partial charge in [-0.25, -0.2) is 9.37 Å². The maximum absolute atomic E-state index is 13.3. The Kier molecular flexibility index (Phi) is 5.63. The SMILES string of the molecule is O=C(Nc1cccc2c1CCCN2C(=O)Cn1c(=O)cnc2ccccc21)c1ccc(F)cc1. The number of nitrogens with one attached hydrogen (secondary N) is 1. The minimum Gasteiger partial charge on any atom is -0.322 e. The van der Waals surface area contributed by atoms with Crippen LogP contribution in [0.4, 0.5) is 15.8 Å². The molecule has 4 aromatic rings. The molecule has 0 spiro atoms. The van der Waals surface area contributed by atoms with E-state index >= 15 is 0 Å². The summed E-state index contributed by atoms with van der Waals surface area (Å²) in [5.41, 5.74) is 3.40. The number of nitrogens with zero attached hydrogens (tertiary/aromatic N) is 3. The number of hydrogen-bond acceptors (Lipinski definition) is 4. The third-order valence-corrected chi connectivity index (χ3v) is 5.95. The highest BCUT2D eigenvalue weighted by molar-refractivity contribution is 6.05. The van der Waals surface area contributed by atoms with Crippen molar-refractivity contribution in [3.05, 3.63) is 100 Å². The Labute approximate surface area is 194 Å². The molecule has 0 saturated carbocycles. The fraction of sp³-hybridized carbons (Fsp3) is 0.154. The van der Waals surface area contributed by atoms with E-state index in [9.17, 15) is 18.8 Å². The molecular formula is C26H21FN4O3. The summed E-state index contributed by atoms with van der Waals surface area (Å²) in [5.74, 6) is -0.989. The van der Waals surface area contributed by atoms with Crippen molar-refractivity contribution in [2.24, 2.45) is 0 Å². The Balaban J connectivity index is 1.43. The summed E-state index contributed by atoms with van der Waals surface area (Å²) in [6, 6.07) is 17.9. The number of fused-ring (bicyclic) bond motifs is 2. The Bertz CT molecular complexity index is 1460. The van der Waals surface area contributed by atoms with E-state index in [0.29, 0.717) is 47.4 Å². The van der Waals surface area contributed by atoms with Crippen LogP contribution in [0.15, 0.2) is 77.7 Å². The van der Waals surface area contributed by atoms with Gasteiger partial charge in [0.15, 0.2) is 0 Å².